The molecule has 0 saturated carbocycles. The number of fused-ring (bicyclic) bond motifs is 4. The zero-order valence-corrected chi connectivity index (χ0v) is 24.9. The number of benzene rings is 4. The second-order valence-corrected chi connectivity index (χ2v) is 11.3. The molecule has 3 amide bonds. The van der Waals surface area contributed by atoms with Crippen LogP contribution >= 0.6 is 0 Å². The molecule has 0 aromatic heterocycles. The summed E-state index contributed by atoms with van der Waals surface area (Å²) in [5.41, 5.74) is 8.14. The SMILES string of the molecule is CCC(=O)N1c2ccccc2[C@H](Nc2ccc(NC(=O)CNC(=O)OCC3c4ccccc4-c4ccccc43)cc2)C[C@@H]1C. The van der Waals surface area contributed by atoms with Gasteiger partial charge in [0.2, 0.25) is 11.8 Å². The highest BCUT2D eigenvalue weighted by Crippen LogP contribution is 2.44. The summed E-state index contributed by atoms with van der Waals surface area (Å²) in [6, 6.07) is 31.9. The van der Waals surface area contributed by atoms with E-state index < -0.39 is 6.09 Å². The maximum Gasteiger partial charge on any atom is 0.407 e. The van der Waals surface area contributed by atoms with Gasteiger partial charge in [0.1, 0.15) is 13.2 Å². The van der Waals surface area contributed by atoms with Crippen LogP contribution in [0.4, 0.5) is 21.9 Å². The van der Waals surface area contributed by atoms with Crippen molar-refractivity contribution in [3.63, 3.8) is 0 Å². The number of para-hydroxylation sites is 1. The first kappa shape index (κ1) is 29.0. The number of ether oxygens (including phenoxy) is 1. The summed E-state index contributed by atoms with van der Waals surface area (Å²) in [5.74, 6) is -0.274. The third kappa shape index (κ3) is 5.88. The van der Waals surface area contributed by atoms with Gasteiger partial charge in [-0.3, -0.25) is 9.59 Å². The van der Waals surface area contributed by atoms with E-state index in [1.165, 1.54) is 0 Å². The van der Waals surface area contributed by atoms with E-state index in [0.717, 1.165) is 45.6 Å². The summed E-state index contributed by atoms with van der Waals surface area (Å²) in [6.07, 6.45) is 0.608. The van der Waals surface area contributed by atoms with E-state index in [4.69, 9.17) is 4.74 Å². The minimum absolute atomic E-state index is 0.0443. The van der Waals surface area contributed by atoms with Crippen molar-refractivity contribution < 1.29 is 19.1 Å². The first-order chi connectivity index (χ1) is 21.4. The van der Waals surface area contributed by atoms with Crippen molar-refractivity contribution >= 4 is 35.0 Å². The number of carbonyl (C=O) groups excluding carboxylic acids is 3. The van der Waals surface area contributed by atoms with E-state index in [0.29, 0.717) is 12.1 Å². The number of anilines is 3. The molecule has 2 aliphatic rings. The molecule has 4 aromatic carbocycles. The van der Waals surface area contributed by atoms with Crippen molar-refractivity contribution in [2.45, 2.75) is 44.7 Å². The minimum atomic E-state index is -0.636. The fourth-order valence-electron chi connectivity index (χ4n) is 6.36. The maximum atomic E-state index is 12.6. The predicted octanol–water partition coefficient (Wildman–Crippen LogP) is 6.85. The maximum absolute atomic E-state index is 12.6. The summed E-state index contributed by atoms with van der Waals surface area (Å²) >= 11 is 0. The molecule has 1 aliphatic carbocycles. The van der Waals surface area contributed by atoms with Gasteiger partial charge in [0.05, 0.1) is 6.04 Å². The summed E-state index contributed by atoms with van der Waals surface area (Å²) < 4.78 is 5.53. The number of alkyl carbamates (subject to hydrolysis) is 1. The fourth-order valence-corrected chi connectivity index (χ4v) is 6.36. The van der Waals surface area contributed by atoms with Gasteiger partial charge >= 0.3 is 6.09 Å². The minimum Gasteiger partial charge on any atom is -0.449 e. The number of rotatable bonds is 8. The highest BCUT2D eigenvalue weighted by Gasteiger charge is 2.33. The van der Waals surface area contributed by atoms with Crippen molar-refractivity contribution in [1.82, 2.24) is 5.32 Å². The van der Waals surface area contributed by atoms with Gasteiger partial charge in [-0.25, -0.2) is 4.79 Å². The van der Waals surface area contributed by atoms with Crippen LogP contribution in [0.5, 0.6) is 0 Å². The van der Waals surface area contributed by atoms with Gasteiger partial charge in [-0.2, -0.15) is 0 Å². The Kier molecular flexibility index (Phi) is 8.32. The molecule has 44 heavy (non-hydrogen) atoms. The van der Waals surface area contributed by atoms with Crippen LogP contribution in [-0.4, -0.2) is 37.1 Å². The van der Waals surface area contributed by atoms with Gasteiger partial charge in [-0.1, -0.05) is 73.7 Å². The van der Waals surface area contributed by atoms with E-state index >= 15 is 0 Å². The molecular weight excluding hydrogens is 552 g/mol. The zero-order chi connectivity index (χ0) is 30.6. The molecular formula is C36H36N4O4. The molecule has 8 heteroatoms. The lowest BCUT2D eigenvalue weighted by atomic mass is 9.91. The number of amides is 3. The van der Waals surface area contributed by atoms with Crippen LogP contribution in [0.1, 0.15) is 55.3 Å². The Morgan fingerprint density at radius 1 is 0.795 bits per heavy atom. The topological polar surface area (TPSA) is 99.8 Å². The van der Waals surface area contributed by atoms with Gasteiger partial charge in [0, 0.05) is 35.4 Å². The monoisotopic (exact) mass is 588 g/mol. The Bertz CT molecular complexity index is 1640. The van der Waals surface area contributed by atoms with Crippen molar-refractivity contribution in [3.05, 3.63) is 114 Å². The third-order valence-electron chi connectivity index (χ3n) is 8.41. The van der Waals surface area contributed by atoms with E-state index in [1.807, 2.05) is 78.6 Å². The Balaban J connectivity index is 1.00. The van der Waals surface area contributed by atoms with Crippen molar-refractivity contribution in [3.8, 4) is 11.1 Å². The lowest BCUT2D eigenvalue weighted by Crippen LogP contribution is -2.44. The molecule has 224 valence electrons. The van der Waals surface area contributed by atoms with Crippen LogP contribution in [-0.2, 0) is 14.3 Å². The van der Waals surface area contributed by atoms with Crippen LogP contribution < -0.4 is 20.9 Å². The number of nitrogens with zero attached hydrogens (tertiary/aromatic N) is 1. The molecule has 0 bridgehead atoms. The van der Waals surface area contributed by atoms with Gasteiger partial charge in [0.15, 0.2) is 0 Å². The number of hydrogen-bond acceptors (Lipinski definition) is 5. The number of nitrogens with one attached hydrogen (secondary N) is 3. The first-order valence-corrected chi connectivity index (χ1v) is 15.1. The van der Waals surface area contributed by atoms with E-state index in [9.17, 15) is 14.4 Å². The molecule has 1 heterocycles. The summed E-state index contributed by atoms with van der Waals surface area (Å²) in [7, 11) is 0. The van der Waals surface area contributed by atoms with Crippen LogP contribution in [0.3, 0.4) is 0 Å². The first-order valence-electron chi connectivity index (χ1n) is 15.1. The smallest absolute Gasteiger partial charge is 0.407 e. The number of hydrogen-bond donors (Lipinski definition) is 3. The van der Waals surface area contributed by atoms with Crippen molar-refractivity contribution in [2.75, 3.05) is 28.7 Å². The molecule has 6 rings (SSSR count). The Morgan fingerprint density at radius 2 is 1.39 bits per heavy atom. The fraction of sp³-hybridized carbons (Fsp3) is 0.250. The third-order valence-corrected chi connectivity index (χ3v) is 8.41. The van der Waals surface area contributed by atoms with Crippen LogP contribution in [0.15, 0.2) is 97.1 Å². The molecule has 4 aromatic rings. The highest BCUT2D eigenvalue weighted by atomic mass is 16.5. The lowest BCUT2D eigenvalue weighted by molar-refractivity contribution is -0.119. The predicted molar refractivity (Wildman–Crippen MR) is 173 cm³/mol. The summed E-state index contributed by atoms with van der Waals surface area (Å²) in [6.45, 7) is 3.95. The molecule has 0 fully saturated rings. The zero-order valence-electron chi connectivity index (χ0n) is 24.9. The molecule has 0 radical (unpaired) electrons. The Hall–Kier alpha value is -5.11. The van der Waals surface area contributed by atoms with Gasteiger partial charge in [0.25, 0.3) is 0 Å². The van der Waals surface area contributed by atoms with E-state index in [2.05, 4.69) is 53.2 Å². The molecule has 8 nitrogen and oxygen atoms in total. The standard InChI is InChI=1S/C36H36N4O4/c1-3-35(42)40-23(2)20-32(30-14-8-9-15-33(30)40)38-24-16-18-25(19-17-24)39-34(41)21-37-36(43)44-22-31-28-12-6-4-10-26(28)27-11-5-7-13-29(27)31/h4-19,23,31-32,38H,3,20-22H2,1-2H3,(H,37,43)(H,39,41)/t23-,32+/m0/s1. The van der Waals surface area contributed by atoms with Crippen LogP contribution in [0.2, 0.25) is 0 Å². The summed E-state index contributed by atoms with van der Waals surface area (Å²) in [5, 5.41) is 8.96. The molecule has 0 unspecified atom stereocenters. The molecule has 2 atom stereocenters. The van der Waals surface area contributed by atoms with Gasteiger partial charge < -0.3 is 25.6 Å². The molecule has 0 spiro atoms. The van der Waals surface area contributed by atoms with Crippen LogP contribution in [0.25, 0.3) is 11.1 Å². The van der Waals surface area contributed by atoms with E-state index in [-0.39, 0.29) is 43.0 Å². The molecule has 1 aliphatic heterocycles. The van der Waals surface area contributed by atoms with Gasteiger partial charge in [-0.05, 0) is 71.5 Å². The molecule has 0 saturated heterocycles. The Labute approximate surface area is 257 Å². The van der Waals surface area contributed by atoms with E-state index in [1.54, 1.807) is 0 Å². The van der Waals surface area contributed by atoms with Crippen LogP contribution in [0, 0.1) is 0 Å². The Morgan fingerprint density at radius 3 is 2.05 bits per heavy atom. The lowest BCUT2D eigenvalue weighted by Gasteiger charge is -2.40. The van der Waals surface area contributed by atoms with Crippen molar-refractivity contribution in [1.29, 1.82) is 0 Å². The quantitative estimate of drug-likeness (QED) is 0.209. The largest absolute Gasteiger partial charge is 0.449 e. The summed E-state index contributed by atoms with van der Waals surface area (Å²) in [4.78, 5) is 39.5. The highest BCUT2D eigenvalue weighted by molar-refractivity contribution is 5.95. The number of carbonyl (C=O) groups is 3. The second-order valence-electron chi connectivity index (χ2n) is 11.3. The molecule has 3 N–H and O–H groups in total. The second kappa shape index (κ2) is 12.6. The van der Waals surface area contributed by atoms with Crippen molar-refractivity contribution in [2.24, 2.45) is 0 Å². The van der Waals surface area contributed by atoms with Gasteiger partial charge in [-0.15, -0.1) is 0 Å². The average Bonchev–Trinajstić information content (AvgIpc) is 3.37. The normalized spacial score (nSPS) is 16.7. The average molecular weight is 589 g/mol.